The second kappa shape index (κ2) is 9.35. The fraction of sp³-hybridized carbons (Fsp3) is 0.179. The average molecular weight is 484 g/mol. The Morgan fingerprint density at radius 3 is 2.57 bits per heavy atom. The van der Waals surface area contributed by atoms with Gasteiger partial charge in [0.25, 0.3) is 5.56 Å². The van der Waals surface area contributed by atoms with Crippen LogP contribution in [-0.4, -0.2) is 34.5 Å². The van der Waals surface area contributed by atoms with Gasteiger partial charge in [0.05, 0.1) is 18.8 Å². The van der Waals surface area contributed by atoms with Gasteiger partial charge in [0.1, 0.15) is 17.1 Å². The number of aromatic nitrogens is 2. The van der Waals surface area contributed by atoms with Gasteiger partial charge in [-0.05, 0) is 47.0 Å². The van der Waals surface area contributed by atoms with Crippen molar-refractivity contribution < 1.29 is 9.53 Å². The van der Waals surface area contributed by atoms with Crippen molar-refractivity contribution in [1.82, 2.24) is 14.5 Å². The predicted molar refractivity (Wildman–Crippen MR) is 141 cm³/mol. The predicted octanol–water partition coefficient (Wildman–Crippen LogP) is 5.25. The van der Waals surface area contributed by atoms with Crippen LogP contribution < -0.4 is 10.3 Å². The van der Waals surface area contributed by atoms with Crippen molar-refractivity contribution in [2.75, 3.05) is 14.2 Å². The smallest absolute Gasteiger partial charge is 0.263 e. The zero-order valence-electron chi connectivity index (χ0n) is 19.8. The van der Waals surface area contributed by atoms with Crippen molar-refractivity contribution >= 4 is 38.2 Å². The Hall–Kier alpha value is -3.97. The topological polar surface area (TPSA) is 64.4 Å². The number of rotatable bonds is 6. The summed E-state index contributed by atoms with van der Waals surface area (Å²) in [5, 5.41) is 2.73. The summed E-state index contributed by atoms with van der Waals surface area (Å²) in [6.45, 7) is 2.38. The van der Waals surface area contributed by atoms with Crippen molar-refractivity contribution in [1.29, 1.82) is 0 Å². The molecule has 7 heteroatoms. The van der Waals surface area contributed by atoms with Crippen LogP contribution in [0.5, 0.6) is 5.75 Å². The minimum absolute atomic E-state index is 0.0633. The van der Waals surface area contributed by atoms with E-state index >= 15 is 0 Å². The monoisotopic (exact) mass is 483 g/mol. The number of hydrogen-bond donors (Lipinski definition) is 0. The van der Waals surface area contributed by atoms with Gasteiger partial charge in [-0.2, -0.15) is 0 Å². The van der Waals surface area contributed by atoms with E-state index in [-0.39, 0.29) is 18.0 Å². The maximum atomic E-state index is 13.4. The molecular weight excluding hydrogens is 458 g/mol. The number of fused-ring (bicyclic) bond motifs is 2. The molecular formula is C28H25N3O3S. The first-order chi connectivity index (χ1) is 16.9. The van der Waals surface area contributed by atoms with Crippen molar-refractivity contribution in [2.24, 2.45) is 0 Å². The van der Waals surface area contributed by atoms with Crippen molar-refractivity contribution in [3.8, 4) is 16.9 Å². The zero-order valence-corrected chi connectivity index (χ0v) is 20.6. The molecule has 2 heterocycles. The number of carbonyl (C=O) groups is 1. The summed E-state index contributed by atoms with van der Waals surface area (Å²) in [6, 6.07) is 21.9. The quantitative estimate of drug-likeness (QED) is 0.331. The maximum Gasteiger partial charge on any atom is 0.263 e. The first-order valence-electron chi connectivity index (χ1n) is 11.3. The van der Waals surface area contributed by atoms with E-state index < -0.39 is 0 Å². The average Bonchev–Trinajstić information content (AvgIpc) is 3.22. The van der Waals surface area contributed by atoms with E-state index in [9.17, 15) is 9.59 Å². The molecule has 3 aromatic carbocycles. The Bertz CT molecular complexity index is 1610. The SMILES string of the molecule is COc1ccc2cc(CN(C)C(=O)Cn3cnc4sc(C)c(-c5ccccc5)c4c3=O)ccc2c1. The number of nitrogens with zero attached hydrogens (tertiary/aromatic N) is 3. The molecule has 0 aliphatic carbocycles. The lowest BCUT2D eigenvalue weighted by Crippen LogP contribution is -2.33. The first kappa shape index (κ1) is 22.8. The number of thiophene rings is 1. The van der Waals surface area contributed by atoms with E-state index in [1.165, 1.54) is 22.2 Å². The van der Waals surface area contributed by atoms with Gasteiger partial charge in [-0.1, -0.05) is 48.5 Å². The number of methoxy groups -OCH3 is 1. The highest BCUT2D eigenvalue weighted by molar-refractivity contribution is 7.19. The second-order valence-corrected chi connectivity index (χ2v) is 9.76. The highest BCUT2D eigenvalue weighted by Crippen LogP contribution is 2.35. The summed E-state index contributed by atoms with van der Waals surface area (Å²) in [4.78, 5) is 34.3. The van der Waals surface area contributed by atoms with Crippen LogP contribution in [0.15, 0.2) is 77.9 Å². The largest absolute Gasteiger partial charge is 0.497 e. The Kier molecular flexibility index (Phi) is 6.09. The Morgan fingerprint density at radius 1 is 1.06 bits per heavy atom. The number of carbonyl (C=O) groups excluding carboxylic acids is 1. The normalized spacial score (nSPS) is 11.2. The summed E-state index contributed by atoms with van der Waals surface area (Å²) in [5.74, 6) is 0.654. The molecule has 0 aliphatic heterocycles. The van der Waals surface area contributed by atoms with Gasteiger partial charge in [-0.3, -0.25) is 14.2 Å². The summed E-state index contributed by atoms with van der Waals surface area (Å²) in [5.41, 5.74) is 2.69. The fourth-order valence-corrected chi connectivity index (χ4v) is 5.33. The molecule has 0 spiro atoms. The van der Waals surface area contributed by atoms with Crippen LogP contribution in [0.4, 0.5) is 0 Å². The molecule has 5 rings (SSSR count). The number of ether oxygens (including phenoxy) is 1. The van der Waals surface area contributed by atoms with Gasteiger partial charge in [0.15, 0.2) is 0 Å². The molecule has 0 atom stereocenters. The third-order valence-corrected chi connectivity index (χ3v) is 7.19. The zero-order chi connectivity index (χ0) is 24.5. The Morgan fingerprint density at radius 2 is 1.80 bits per heavy atom. The highest BCUT2D eigenvalue weighted by Gasteiger charge is 2.18. The highest BCUT2D eigenvalue weighted by atomic mass is 32.1. The van der Waals surface area contributed by atoms with E-state index in [0.717, 1.165) is 38.1 Å². The lowest BCUT2D eigenvalue weighted by molar-refractivity contribution is -0.131. The molecule has 0 saturated carbocycles. The van der Waals surface area contributed by atoms with Gasteiger partial charge in [-0.15, -0.1) is 11.3 Å². The summed E-state index contributed by atoms with van der Waals surface area (Å²) >= 11 is 1.50. The van der Waals surface area contributed by atoms with Crippen LogP contribution >= 0.6 is 11.3 Å². The summed E-state index contributed by atoms with van der Waals surface area (Å²) < 4.78 is 6.70. The van der Waals surface area contributed by atoms with Crippen LogP contribution in [0.1, 0.15) is 10.4 Å². The molecule has 0 unspecified atom stereocenters. The van der Waals surface area contributed by atoms with Crippen LogP contribution in [0.25, 0.3) is 32.1 Å². The lowest BCUT2D eigenvalue weighted by Gasteiger charge is -2.18. The minimum atomic E-state index is -0.195. The van der Waals surface area contributed by atoms with E-state index in [2.05, 4.69) is 11.1 Å². The van der Waals surface area contributed by atoms with E-state index in [1.807, 2.05) is 67.6 Å². The van der Waals surface area contributed by atoms with Crippen LogP contribution in [0.2, 0.25) is 0 Å². The number of amides is 1. The van der Waals surface area contributed by atoms with E-state index in [0.29, 0.717) is 16.8 Å². The molecule has 0 fully saturated rings. The lowest BCUT2D eigenvalue weighted by atomic mass is 10.0. The molecule has 0 N–H and O–H groups in total. The molecule has 5 aromatic rings. The van der Waals surface area contributed by atoms with Gasteiger partial charge < -0.3 is 9.64 Å². The number of likely N-dealkylation sites (N-methyl/N-ethyl adjacent to an activating group) is 1. The van der Waals surface area contributed by atoms with Gasteiger partial charge >= 0.3 is 0 Å². The molecule has 35 heavy (non-hydrogen) atoms. The van der Waals surface area contributed by atoms with Gasteiger partial charge in [0.2, 0.25) is 5.91 Å². The molecule has 0 aliphatic rings. The van der Waals surface area contributed by atoms with Crippen molar-refractivity contribution in [2.45, 2.75) is 20.0 Å². The van der Waals surface area contributed by atoms with E-state index in [1.54, 1.807) is 19.1 Å². The summed E-state index contributed by atoms with van der Waals surface area (Å²) in [7, 11) is 3.40. The summed E-state index contributed by atoms with van der Waals surface area (Å²) in [6.07, 6.45) is 1.48. The third kappa shape index (κ3) is 4.42. The molecule has 2 aromatic heterocycles. The number of aryl methyl sites for hydroxylation is 1. The van der Waals surface area contributed by atoms with Gasteiger partial charge in [0, 0.05) is 24.0 Å². The van der Waals surface area contributed by atoms with Crippen molar-refractivity contribution in [3.63, 3.8) is 0 Å². The molecule has 176 valence electrons. The van der Waals surface area contributed by atoms with Crippen LogP contribution in [0, 0.1) is 6.92 Å². The standard InChI is InChI=1S/C28H25N3O3S/c1-18-25(20-7-5-4-6-8-20)26-27(35-18)29-17-31(28(26)33)16-24(32)30(2)15-19-9-10-22-14-23(34-3)12-11-21(22)13-19/h4-14,17H,15-16H2,1-3H3. The molecule has 0 saturated heterocycles. The Labute approximate surface area is 207 Å². The number of benzene rings is 3. The van der Waals surface area contributed by atoms with Crippen LogP contribution in [0.3, 0.4) is 0 Å². The van der Waals surface area contributed by atoms with Crippen LogP contribution in [-0.2, 0) is 17.9 Å². The molecule has 0 bridgehead atoms. The first-order valence-corrected chi connectivity index (χ1v) is 12.1. The van der Waals surface area contributed by atoms with E-state index in [4.69, 9.17) is 4.74 Å². The van der Waals surface area contributed by atoms with Crippen molar-refractivity contribution in [3.05, 3.63) is 93.9 Å². The molecule has 0 radical (unpaired) electrons. The van der Waals surface area contributed by atoms with Gasteiger partial charge in [-0.25, -0.2) is 4.98 Å². The second-order valence-electron chi connectivity index (χ2n) is 8.55. The molecule has 6 nitrogen and oxygen atoms in total. The molecule has 1 amide bonds. The Balaban J connectivity index is 1.39. The minimum Gasteiger partial charge on any atom is -0.497 e. The third-order valence-electron chi connectivity index (χ3n) is 6.18. The fourth-order valence-electron chi connectivity index (χ4n) is 4.33. The number of hydrogen-bond acceptors (Lipinski definition) is 5. The maximum absolute atomic E-state index is 13.4.